The van der Waals surface area contributed by atoms with Crippen LogP contribution in [0.5, 0.6) is 0 Å². The average molecular weight is 291 g/mol. The van der Waals surface area contributed by atoms with Gasteiger partial charge in [-0.3, -0.25) is 4.98 Å². The Morgan fingerprint density at radius 3 is 2.59 bits per heavy atom. The predicted octanol–water partition coefficient (Wildman–Crippen LogP) is 3.44. The van der Waals surface area contributed by atoms with Crippen molar-refractivity contribution in [2.75, 3.05) is 0 Å². The normalized spacial score (nSPS) is 10.5. The van der Waals surface area contributed by atoms with E-state index in [2.05, 4.69) is 57.4 Å². The molecule has 1 heterocycles. The first-order valence-corrected chi connectivity index (χ1v) is 6.39. The molecule has 0 bridgehead atoms. The Kier molecular flexibility index (Phi) is 4.29. The third kappa shape index (κ3) is 3.65. The van der Waals surface area contributed by atoms with Gasteiger partial charge in [-0.25, -0.2) is 0 Å². The highest BCUT2D eigenvalue weighted by atomic mass is 79.9. The van der Waals surface area contributed by atoms with Gasteiger partial charge in [0.25, 0.3) is 0 Å². The van der Waals surface area contributed by atoms with Gasteiger partial charge in [0.2, 0.25) is 0 Å². The predicted molar refractivity (Wildman–Crippen MR) is 73.7 cm³/mol. The fourth-order valence-electron chi connectivity index (χ4n) is 1.63. The van der Waals surface area contributed by atoms with Crippen molar-refractivity contribution in [3.05, 3.63) is 63.9 Å². The molecular weight excluding hydrogens is 276 g/mol. The van der Waals surface area contributed by atoms with Crippen molar-refractivity contribution in [1.82, 2.24) is 10.3 Å². The van der Waals surface area contributed by atoms with Crippen molar-refractivity contribution in [3.63, 3.8) is 0 Å². The number of nitrogens with zero attached hydrogens (tertiary/aromatic N) is 1. The Labute approximate surface area is 110 Å². The summed E-state index contributed by atoms with van der Waals surface area (Å²) in [5, 5.41) is 3.42. The zero-order valence-electron chi connectivity index (χ0n) is 9.78. The third-order valence-corrected chi connectivity index (χ3v) is 3.23. The summed E-state index contributed by atoms with van der Waals surface area (Å²) < 4.78 is 1.12. The molecule has 1 aromatic carbocycles. The summed E-state index contributed by atoms with van der Waals surface area (Å²) in [5.74, 6) is 0. The Bertz CT molecular complexity index is 480. The molecule has 0 unspecified atom stereocenters. The molecular formula is C14H15BrN2. The van der Waals surface area contributed by atoms with E-state index in [1.807, 2.05) is 18.5 Å². The number of nitrogens with one attached hydrogen (secondary N) is 1. The third-order valence-electron chi connectivity index (χ3n) is 2.71. The van der Waals surface area contributed by atoms with Crippen molar-refractivity contribution >= 4 is 15.9 Å². The maximum atomic E-state index is 4.14. The summed E-state index contributed by atoms with van der Waals surface area (Å²) in [7, 11) is 0. The topological polar surface area (TPSA) is 24.9 Å². The summed E-state index contributed by atoms with van der Waals surface area (Å²) in [6, 6.07) is 10.4. The first-order valence-electron chi connectivity index (χ1n) is 5.60. The van der Waals surface area contributed by atoms with Crippen molar-refractivity contribution in [2.45, 2.75) is 20.0 Å². The molecule has 3 heteroatoms. The lowest BCUT2D eigenvalue weighted by atomic mass is 10.1. The maximum Gasteiger partial charge on any atom is 0.0315 e. The van der Waals surface area contributed by atoms with Crippen LogP contribution >= 0.6 is 15.9 Å². The lowest BCUT2D eigenvalue weighted by Gasteiger charge is -2.07. The van der Waals surface area contributed by atoms with Crippen LogP contribution in [-0.4, -0.2) is 4.98 Å². The number of hydrogen-bond acceptors (Lipinski definition) is 2. The van der Waals surface area contributed by atoms with Crippen molar-refractivity contribution in [3.8, 4) is 0 Å². The van der Waals surface area contributed by atoms with Gasteiger partial charge in [0, 0.05) is 30.0 Å². The molecule has 2 rings (SSSR count). The van der Waals surface area contributed by atoms with Gasteiger partial charge in [0.1, 0.15) is 0 Å². The maximum absolute atomic E-state index is 4.14. The van der Waals surface area contributed by atoms with E-state index in [0.29, 0.717) is 0 Å². The van der Waals surface area contributed by atoms with Gasteiger partial charge in [-0.15, -0.1) is 0 Å². The minimum atomic E-state index is 0.857. The zero-order chi connectivity index (χ0) is 12.1. The van der Waals surface area contributed by atoms with Gasteiger partial charge >= 0.3 is 0 Å². The van der Waals surface area contributed by atoms with E-state index in [9.17, 15) is 0 Å². The molecule has 0 aliphatic rings. The summed E-state index contributed by atoms with van der Waals surface area (Å²) in [6.45, 7) is 3.84. The summed E-state index contributed by atoms with van der Waals surface area (Å²) in [6.07, 6.45) is 3.75. The first-order chi connectivity index (χ1) is 8.25. The number of pyridine rings is 1. The second kappa shape index (κ2) is 5.94. The van der Waals surface area contributed by atoms with Gasteiger partial charge in [0.15, 0.2) is 0 Å². The van der Waals surface area contributed by atoms with E-state index in [4.69, 9.17) is 0 Å². The molecule has 0 amide bonds. The van der Waals surface area contributed by atoms with Crippen LogP contribution in [0.1, 0.15) is 16.7 Å². The van der Waals surface area contributed by atoms with Crippen LogP contribution in [0, 0.1) is 6.92 Å². The summed E-state index contributed by atoms with van der Waals surface area (Å²) in [5.41, 5.74) is 3.82. The van der Waals surface area contributed by atoms with E-state index in [1.165, 1.54) is 16.7 Å². The molecule has 2 aromatic rings. The lowest BCUT2D eigenvalue weighted by molar-refractivity contribution is 0.688. The first kappa shape index (κ1) is 12.3. The zero-order valence-corrected chi connectivity index (χ0v) is 11.4. The SMILES string of the molecule is Cc1ccncc1CNCc1ccc(Br)cc1. The minimum Gasteiger partial charge on any atom is -0.309 e. The van der Waals surface area contributed by atoms with E-state index >= 15 is 0 Å². The molecule has 0 saturated carbocycles. The number of benzene rings is 1. The molecule has 0 saturated heterocycles. The summed E-state index contributed by atoms with van der Waals surface area (Å²) >= 11 is 3.43. The number of aryl methyl sites for hydroxylation is 1. The monoisotopic (exact) mass is 290 g/mol. The number of aromatic nitrogens is 1. The Hall–Kier alpha value is -1.19. The molecule has 0 atom stereocenters. The van der Waals surface area contributed by atoms with Crippen molar-refractivity contribution in [2.24, 2.45) is 0 Å². The molecule has 0 radical (unpaired) electrons. The molecule has 0 fully saturated rings. The standard InChI is InChI=1S/C14H15BrN2/c1-11-6-7-16-9-13(11)10-17-8-12-2-4-14(15)5-3-12/h2-7,9,17H,8,10H2,1H3. The smallest absolute Gasteiger partial charge is 0.0315 e. The second-order valence-corrected chi connectivity index (χ2v) is 4.95. The van der Waals surface area contributed by atoms with Gasteiger partial charge < -0.3 is 5.32 Å². The van der Waals surface area contributed by atoms with Crippen LogP contribution in [0.3, 0.4) is 0 Å². The average Bonchev–Trinajstić information content (AvgIpc) is 2.34. The van der Waals surface area contributed by atoms with E-state index < -0.39 is 0 Å². The molecule has 0 aliphatic carbocycles. The molecule has 88 valence electrons. The Morgan fingerprint density at radius 2 is 1.88 bits per heavy atom. The molecule has 2 nitrogen and oxygen atoms in total. The fraction of sp³-hybridized carbons (Fsp3) is 0.214. The highest BCUT2D eigenvalue weighted by molar-refractivity contribution is 9.10. The minimum absolute atomic E-state index is 0.857. The van der Waals surface area contributed by atoms with Crippen LogP contribution in [-0.2, 0) is 13.1 Å². The second-order valence-electron chi connectivity index (χ2n) is 4.03. The van der Waals surface area contributed by atoms with Gasteiger partial charge in [0.05, 0.1) is 0 Å². The molecule has 1 N–H and O–H groups in total. The van der Waals surface area contributed by atoms with Gasteiger partial charge in [-0.05, 0) is 41.8 Å². The number of halogens is 1. The molecule has 0 spiro atoms. The molecule has 1 aromatic heterocycles. The van der Waals surface area contributed by atoms with E-state index in [-0.39, 0.29) is 0 Å². The highest BCUT2D eigenvalue weighted by Crippen LogP contribution is 2.10. The van der Waals surface area contributed by atoms with Crippen LogP contribution in [0.15, 0.2) is 47.2 Å². The van der Waals surface area contributed by atoms with Crippen LogP contribution in [0.4, 0.5) is 0 Å². The van der Waals surface area contributed by atoms with Crippen LogP contribution in [0.25, 0.3) is 0 Å². The van der Waals surface area contributed by atoms with E-state index in [1.54, 1.807) is 0 Å². The fourth-order valence-corrected chi connectivity index (χ4v) is 1.89. The van der Waals surface area contributed by atoms with Gasteiger partial charge in [-0.2, -0.15) is 0 Å². The Balaban J connectivity index is 1.88. The lowest BCUT2D eigenvalue weighted by Crippen LogP contribution is -2.13. The van der Waals surface area contributed by atoms with Crippen molar-refractivity contribution < 1.29 is 0 Å². The number of hydrogen-bond donors (Lipinski definition) is 1. The van der Waals surface area contributed by atoms with E-state index in [0.717, 1.165) is 17.6 Å². The van der Waals surface area contributed by atoms with Gasteiger partial charge in [-0.1, -0.05) is 28.1 Å². The number of rotatable bonds is 4. The Morgan fingerprint density at radius 1 is 1.12 bits per heavy atom. The highest BCUT2D eigenvalue weighted by Gasteiger charge is 1.97. The largest absolute Gasteiger partial charge is 0.309 e. The molecule has 17 heavy (non-hydrogen) atoms. The van der Waals surface area contributed by atoms with Crippen LogP contribution in [0.2, 0.25) is 0 Å². The van der Waals surface area contributed by atoms with Crippen molar-refractivity contribution in [1.29, 1.82) is 0 Å². The quantitative estimate of drug-likeness (QED) is 0.933. The van der Waals surface area contributed by atoms with Crippen LogP contribution < -0.4 is 5.32 Å². The molecule has 0 aliphatic heterocycles. The summed E-state index contributed by atoms with van der Waals surface area (Å²) in [4.78, 5) is 4.14.